The summed E-state index contributed by atoms with van der Waals surface area (Å²) in [6, 6.07) is 8.98. The van der Waals surface area contributed by atoms with Gasteiger partial charge in [0.05, 0.1) is 27.2 Å². The van der Waals surface area contributed by atoms with E-state index in [0.29, 0.717) is 22.6 Å². The molecule has 1 aliphatic heterocycles. The Kier molecular flexibility index (Phi) is 9.99. The third kappa shape index (κ3) is 7.18. The summed E-state index contributed by atoms with van der Waals surface area (Å²) in [4.78, 5) is 24.5. The molecular formula is C27H30O11. The number of ether oxygens (including phenoxy) is 4. The van der Waals surface area contributed by atoms with Crippen LogP contribution in [0.2, 0.25) is 0 Å². The first kappa shape index (κ1) is 28.8. The van der Waals surface area contributed by atoms with Gasteiger partial charge in [0.2, 0.25) is 6.29 Å². The van der Waals surface area contributed by atoms with Crippen molar-refractivity contribution in [3.63, 3.8) is 0 Å². The summed E-state index contributed by atoms with van der Waals surface area (Å²) in [7, 11) is 2.84. The second-order valence-electron chi connectivity index (χ2n) is 8.42. The summed E-state index contributed by atoms with van der Waals surface area (Å²) in [5.41, 5.74) is 1.07. The quantitative estimate of drug-likeness (QED) is 0.206. The number of benzene rings is 2. The normalized spacial score (nSPS) is 23.5. The Hall–Kier alpha value is -3.74. The molecule has 0 aliphatic carbocycles. The van der Waals surface area contributed by atoms with Gasteiger partial charge in [-0.2, -0.15) is 0 Å². The molecule has 2 aromatic rings. The lowest BCUT2D eigenvalue weighted by Gasteiger charge is -2.39. The van der Waals surface area contributed by atoms with Crippen LogP contribution in [0.5, 0.6) is 23.0 Å². The Balaban J connectivity index is 1.62. The summed E-state index contributed by atoms with van der Waals surface area (Å²) in [5.74, 6) is 0.0355. The molecule has 0 unspecified atom stereocenters. The monoisotopic (exact) mass is 530 g/mol. The molecular weight excluding hydrogens is 500 g/mol. The molecule has 0 spiro atoms. The molecule has 0 amide bonds. The summed E-state index contributed by atoms with van der Waals surface area (Å²) in [5, 5.41) is 48.8. The average Bonchev–Trinajstić information content (AvgIpc) is 2.91. The Morgan fingerprint density at radius 2 is 1.45 bits per heavy atom. The van der Waals surface area contributed by atoms with Gasteiger partial charge in [0, 0.05) is 23.3 Å². The number of carbonyl (C=O) groups is 2. The molecule has 1 aliphatic rings. The first-order chi connectivity index (χ1) is 18.2. The summed E-state index contributed by atoms with van der Waals surface area (Å²) in [6.07, 6.45) is -2.04. The molecule has 5 atom stereocenters. The average molecular weight is 531 g/mol. The van der Waals surface area contributed by atoms with E-state index in [2.05, 4.69) is 0 Å². The Bertz CT molecular complexity index is 1190. The van der Waals surface area contributed by atoms with Crippen molar-refractivity contribution in [1.29, 1.82) is 0 Å². The molecule has 1 fully saturated rings. The molecule has 0 radical (unpaired) electrons. The van der Waals surface area contributed by atoms with Crippen LogP contribution in [0.3, 0.4) is 0 Å². The van der Waals surface area contributed by atoms with Gasteiger partial charge < -0.3 is 44.5 Å². The Labute approximate surface area is 218 Å². The molecule has 0 saturated carbocycles. The number of allylic oxidation sites excluding steroid dienone is 2. The highest BCUT2D eigenvalue weighted by atomic mass is 16.7. The molecule has 38 heavy (non-hydrogen) atoms. The van der Waals surface area contributed by atoms with Gasteiger partial charge in [0.25, 0.3) is 0 Å². The summed E-state index contributed by atoms with van der Waals surface area (Å²) >= 11 is 0. The van der Waals surface area contributed by atoms with Crippen LogP contribution < -0.4 is 14.2 Å². The van der Waals surface area contributed by atoms with Gasteiger partial charge in [0.15, 0.2) is 11.6 Å². The van der Waals surface area contributed by atoms with Gasteiger partial charge in [-0.1, -0.05) is 0 Å². The molecule has 2 aromatic carbocycles. The maximum Gasteiger partial charge on any atom is 0.229 e. The van der Waals surface area contributed by atoms with E-state index in [9.17, 15) is 35.1 Å². The lowest BCUT2D eigenvalue weighted by atomic mass is 9.99. The minimum Gasteiger partial charge on any atom is -0.508 e. The number of methoxy groups -OCH3 is 2. The molecule has 11 heteroatoms. The molecule has 204 valence electrons. The van der Waals surface area contributed by atoms with E-state index >= 15 is 0 Å². The zero-order valence-electron chi connectivity index (χ0n) is 20.8. The number of carbonyl (C=O) groups excluding carboxylic acids is 2. The van der Waals surface area contributed by atoms with Crippen LogP contribution in [0.1, 0.15) is 17.5 Å². The van der Waals surface area contributed by atoms with Gasteiger partial charge in [-0.25, -0.2) is 0 Å². The van der Waals surface area contributed by atoms with Gasteiger partial charge in [-0.15, -0.1) is 0 Å². The predicted molar refractivity (Wildman–Crippen MR) is 135 cm³/mol. The maximum atomic E-state index is 12.3. The van der Waals surface area contributed by atoms with Crippen molar-refractivity contribution in [3.05, 3.63) is 59.7 Å². The van der Waals surface area contributed by atoms with E-state index in [1.807, 2.05) is 0 Å². The smallest absolute Gasteiger partial charge is 0.229 e. The molecule has 0 bridgehead atoms. The first-order valence-electron chi connectivity index (χ1n) is 11.6. The van der Waals surface area contributed by atoms with Crippen molar-refractivity contribution < 1.29 is 54.1 Å². The minimum atomic E-state index is -1.58. The minimum absolute atomic E-state index is 0.0227. The van der Waals surface area contributed by atoms with Gasteiger partial charge in [-0.05, 0) is 48.6 Å². The third-order valence-electron chi connectivity index (χ3n) is 5.77. The number of ketones is 2. The van der Waals surface area contributed by atoms with Crippen molar-refractivity contribution >= 4 is 23.7 Å². The number of hydrogen-bond acceptors (Lipinski definition) is 11. The topological polar surface area (TPSA) is 172 Å². The van der Waals surface area contributed by atoms with Crippen LogP contribution in [-0.4, -0.2) is 88.6 Å². The van der Waals surface area contributed by atoms with Crippen LogP contribution in [-0.2, 0) is 14.3 Å². The molecule has 5 N–H and O–H groups in total. The number of phenols is 1. The van der Waals surface area contributed by atoms with Gasteiger partial charge in [-0.3, -0.25) is 9.59 Å². The van der Waals surface area contributed by atoms with E-state index in [1.165, 1.54) is 62.8 Å². The Morgan fingerprint density at radius 1 is 0.868 bits per heavy atom. The summed E-state index contributed by atoms with van der Waals surface area (Å²) in [6.45, 7) is -0.588. The van der Waals surface area contributed by atoms with Crippen molar-refractivity contribution in [3.8, 4) is 23.0 Å². The number of hydrogen-bond donors (Lipinski definition) is 5. The summed E-state index contributed by atoms with van der Waals surface area (Å²) < 4.78 is 21.4. The van der Waals surface area contributed by atoms with Crippen molar-refractivity contribution in [2.24, 2.45) is 0 Å². The van der Waals surface area contributed by atoms with Gasteiger partial charge >= 0.3 is 0 Å². The van der Waals surface area contributed by atoms with Crippen LogP contribution in [0.15, 0.2) is 48.6 Å². The molecule has 11 nitrogen and oxygen atoms in total. The zero-order valence-corrected chi connectivity index (χ0v) is 20.8. The lowest BCUT2D eigenvalue weighted by molar-refractivity contribution is -0.277. The number of aliphatic hydroxyl groups excluding tert-OH is 4. The van der Waals surface area contributed by atoms with E-state index in [-0.39, 0.29) is 17.9 Å². The third-order valence-corrected chi connectivity index (χ3v) is 5.77. The van der Waals surface area contributed by atoms with Crippen molar-refractivity contribution in [2.45, 2.75) is 37.1 Å². The molecule has 0 aromatic heterocycles. The SMILES string of the molecule is COc1cc(O)ccc1/C=C/C(=O)CC(=O)/C=C/c1ccc(O[C@@H]2O[C@H](CO)[C@@H](O)[C@H](O)[C@H]2O)cc1OC. The number of aromatic hydroxyl groups is 1. The second kappa shape index (κ2) is 13.2. The highest BCUT2D eigenvalue weighted by molar-refractivity contribution is 6.11. The van der Waals surface area contributed by atoms with E-state index in [1.54, 1.807) is 12.1 Å². The standard InChI is InChI=1S/C27H30O11/c1-35-21-12-19(31)9-5-15(21)3-7-17(29)11-18(30)8-4-16-6-10-20(13-22(16)36-2)37-27-26(34)25(33)24(32)23(14-28)38-27/h3-10,12-13,23-28,31-34H,11,14H2,1-2H3/b7-3+,8-4+/t23-,24-,25+,26-,27-/m1/s1. The van der Waals surface area contributed by atoms with Crippen LogP contribution in [0.4, 0.5) is 0 Å². The highest BCUT2D eigenvalue weighted by Crippen LogP contribution is 2.29. The van der Waals surface area contributed by atoms with E-state index in [4.69, 9.17) is 18.9 Å². The Morgan fingerprint density at radius 3 is 2.03 bits per heavy atom. The number of aliphatic hydroxyl groups is 4. The van der Waals surface area contributed by atoms with Crippen LogP contribution >= 0.6 is 0 Å². The molecule has 3 rings (SSSR count). The zero-order chi connectivity index (χ0) is 27.8. The number of rotatable bonds is 11. The van der Waals surface area contributed by atoms with Crippen LogP contribution in [0, 0.1) is 0 Å². The fourth-order valence-corrected chi connectivity index (χ4v) is 3.69. The number of phenolic OH excluding ortho intramolecular Hbond substituents is 1. The van der Waals surface area contributed by atoms with Crippen molar-refractivity contribution in [2.75, 3.05) is 20.8 Å². The van der Waals surface area contributed by atoms with Crippen LogP contribution in [0.25, 0.3) is 12.2 Å². The van der Waals surface area contributed by atoms with Crippen molar-refractivity contribution in [1.82, 2.24) is 0 Å². The predicted octanol–water partition coefficient (Wildman–Crippen LogP) is 0.843. The molecule has 1 heterocycles. The highest BCUT2D eigenvalue weighted by Gasteiger charge is 2.44. The first-order valence-corrected chi connectivity index (χ1v) is 11.6. The fraction of sp³-hybridized carbons (Fsp3) is 0.333. The van der Waals surface area contributed by atoms with E-state index < -0.39 is 48.9 Å². The second-order valence-corrected chi connectivity index (χ2v) is 8.42. The molecule has 1 saturated heterocycles. The van der Waals surface area contributed by atoms with E-state index in [0.717, 1.165) is 0 Å². The lowest BCUT2D eigenvalue weighted by Crippen LogP contribution is -2.60. The fourth-order valence-electron chi connectivity index (χ4n) is 3.69. The largest absolute Gasteiger partial charge is 0.508 e. The van der Waals surface area contributed by atoms with Gasteiger partial charge in [0.1, 0.15) is 47.4 Å². The maximum absolute atomic E-state index is 12.3.